The van der Waals surface area contributed by atoms with Gasteiger partial charge in [-0.05, 0) is 37.5 Å². The molecule has 3 nitrogen and oxygen atoms in total. The van der Waals surface area contributed by atoms with Crippen LogP contribution in [0.15, 0.2) is 4.99 Å². The van der Waals surface area contributed by atoms with Crippen molar-refractivity contribution in [2.24, 2.45) is 22.6 Å². The summed E-state index contributed by atoms with van der Waals surface area (Å²) in [6.07, 6.45) is 9.59. The molecule has 0 aromatic rings. The maximum absolute atomic E-state index is 5.82. The van der Waals surface area contributed by atoms with E-state index in [4.69, 9.17) is 5.73 Å². The van der Waals surface area contributed by atoms with Crippen molar-refractivity contribution in [2.75, 3.05) is 13.1 Å². The minimum atomic E-state index is 0. The van der Waals surface area contributed by atoms with Crippen LogP contribution in [0.1, 0.15) is 44.9 Å². The van der Waals surface area contributed by atoms with E-state index in [2.05, 4.69) is 10.3 Å². The van der Waals surface area contributed by atoms with Crippen LogP contribution in [0.3, 0.4) is 0 Å². The topological polar surface area (TPSA) is 50.4 Å². The van der Waals surface area contributed by atoms with E-state index in [0.29, 0.717) is 5.96 Å². The van der Waals surface area contributed by atoms with Gasteiger partial charge in [0.05, 0.1) is 0 Å². The van der Waals surface area contributed by atoms with Crippen LogP contribution in [0.25, 0.3) is 0 Å². The summed E-state index contributed by atoms with van der Waals surface area (Å²) in [5.41, 5.74) is 5.82. The number of hydrogen-bond acceptors (Lipinski definition) is 1. The van der Waals surface area contributed by atoms with Crippen LogP contribution in [0.5, 0.6) is 0 Å². The Kier molecular flexibility index (Phi) is 6.46. The molecule has 3 N–H and O–H groups in total. The molecule has 2 aliphatic carbocycles. The lowest BCUT2D eigenvalue weighted by molar-refractivity contribution is 0.326. The smallest absolute Gasteiger partial charge is 0.188 e. The zero-order chi connectivity index (χ0) is 10.5. The Balaban J connectivity index is 0.00000128. The molecule has 2 aliphatic rings. The number of rotatable bonds is 4. The van der Waals surface area contributed by atoms with Gasteiger partial charge in [-0.3, -0.25) is 4.99 Å². The first-order valence-electron chi connectivity index (χ1n) is 6.38. The molecule has 0 aliphatic heterocycles. The Bertz CT molecular complexity index is 220. The molecule has 2 fully saturated rings. The summed E-state index contributed by atoms with van der Waals surface area (Å²) in [6.45, 7) is 1.96. The molecular weight excluding hydrogens is 313 g/mol. The van der Waals surface area contributed by atoms with Crippen LogP contribution >= 0.6 is 24.0 Å². The van der Waals surface area contributed by atoms with Gasteiger partial charge in [0.25, 0.3) is 0 Å². The van der Waals surface area contributed by atoms with Crippen LogP contribution in [-0.2, 0) is 0 Å². The van der Waals surface area contributed by atoms with E-state index >= 15 is 0 Å². The van der Waals surface area contributed by atoms with Gasteiger partial charge in [0.1, 0.15) is 0 Å². The Morgan fingerprint density at radius 3 is 2.25 bits per heavy atom. The first kappa shape index (κ1) is 14.1. The Hall–Kier alpha value is 0. The first-order chi connectivity index (χ1) is 7.34. The molecular formula is C12H24IN3. The second-order valence-electron chi connectivity index (χ2n) is 5.05. The number of guanidine groups is 1. The Labute approximate surface area is 116 Å². The van der Waals surface area contributed by atoms with E-state index in [1.54, 1.807) is 0 Å². The van der Waals surface area contributed by atoms with Gasteiger partial charge < -0.3 is 11.1 Å². The molecule has 0 amide bonds. The minimum Gasteiger partial charge on any atom is -0.370 e. The number of halogens is 1. The van der Waals surface area contributed by atoms with Crippen LogP contribution in [0.2, 0.25) is 0 Å². The van der Waals surface area contributed by atoms with Crippen molar-refractivity contribution < 1.29 is 0 Å². The minimum absolute atomic E-state index is 0. The first-order valence-corrected chi connectivity index (χ1v) is 6.38. The molecule has 0 saturated heterocycles. The summed E-state index contributed by atoms with van der Waals surface area (Å²) < 4.78 is 0. The van der Waals surface area contributed by atoms with Crippen molar-refractivity contribution in [1.29, 1.82) is 0 Å². The molecule has 16 heavy (non-hydrogen) atoms. The number of nitrogens with one attached hydrogen (secondary N) is 1. The summed E-state index contributed by atoms with van der Waals surface area (Å²) >= 11 is 0. The molecule has 4 heteroatoms. The average Bonchev–Trinajstić information content (AvgIpc) is 2.64. The lowest BCUT2D eigenvalue weighted by Gasteiger charge is -2.23. The predicted octanol–water partition coefficient (Wildman–Crippen LogP) is 2.50. The third-order valence-electron chi connectivity index (χ3n) is 3.79. The van der Waals surface area contributed by atoms with Gasteiger partial charge in [0, 0.05) is 13.1 Å². The van der Waals surface area contributed by atoms with Gasteiger partial charge in [-0.25, -0.2) is 0 Å². The number of hydrogen-bond donors (Lipinski definition) is 2. The van der Waals surface area contributed by atoms with E-state index in [1.165, 1.54) is 44.9 Å². The van der Waals surface area contributed by atoms with Crippen molar-refractivity contribution in [3.05, 3.63) is 0 Å². The van der Waals surface area contributed by atoms with E-state index < -0.39 is 0 Å². The van der Waals surface area contributed by atoms with Gasteiger partial charge in [0.15, 0.2) is 5.96 Å². The van der Waals surface area contributed by atoms with Gasteiger partial charge in [0.2, 0.25) is 0 Å². The maximum atomic E-state index is 5.82. The Morgan fingerprint density at radius 2 is 1.69 bits per heavy atom. The summed E-state index contributed by atoms with van der Waals surface area (Å²) in [7, 11) is 0. The lowest BCUT2D eigenvalue weighted by atomic mass is 9.86. The fourth-order valence-electron chi connectivity index (χ4n) is 2.42. The van der Waals surface area contributed by atoms with Crippen LogP contribution < -0.4 is 11.1 Å². The summed E-state index contributed by atoms with van der Waals surface area (Å²) in [5, 5.41) is 3.26. The largest absolute Gasteiger partial charge is 0.370 e. The summed E-state index contributed by atoms with van der Waals surface area (Å²) in [6, 6.07) is 0. The monoisotopic (exact) mass is 337 g/mol. The van der Waals surface area contributed by atoms with Crippen molar-refractivity contribution in [1.82, 2.24) is 5.32 Å². The van der Waals surface area contributed by atoms with Crippen LogP contribution in [0.4, 0.5) is 0 Å². The quantitative estimate of drug-likeness (QED) is 0.470. The van der Waals surface area contributed by atoms with Crippen molar-refractivity contribution in [3.63, 3.8) is 0 Å². The molecule has 0 bridgehead atoms. The number of nitrogens with two attached hydrogens (primary N) is 1. The third-order valence-corrected chi connectivity index (χ3v) is 3.79. The van der Waals surface area contributed by atoms with Gasteiger partial charge in [-0.2, -0.15) is 0 Å². The predicted molar refractivity (Wildman–Crippen MR) is 79.2 cm³/mol. The van der Waals surface area contributed by atoms with Crippen LogP contribution in [-0.4, -0.2) is 19.0 Å². The van der Waals surface area contributed by atoms with Crippen LogP contribution in [0, 0.1) is 11.8 Å². The normalized spacial score (nSPS) is 22.6. The van der Waals surface area contributed by atoms with E-state index in [9.17, 15) is 0 Å². The maximum Gasteiger partial charge on any atom is 0.188 e. The molecule has 0 radical (unpaired) electrons. The molecule has 2 rings (SSSR count). The van der Waals surface area contributed by atoms with Gasteiger partial charge in [-0.1, -0.05) is 19.3 Å². The molecule has 0 aromatic heterocycles. The number of nitrogens with zero attached hydrogens (tertiary/aromatic N) is 1. The standard InChI is InChI=1S/C12H23N3.HI/c13-12(15-9-11-6-3-7-11)14-8-10-4-1-2-5-10;/h10-11H,1-9H2,(H3,13,14,15);1H. The highest BCUT2D eigenvalue weighted by molar-refractivity contribution is 14.0. The lowest BCUT2D eigenvalue weighted by Crippen LogP contribution is -2.35. The fraction of sp³-hybridized carbons (Fsp3) is 0.917. The van der Waals surface area contributed by atoms with Gasteiger partial charge >= 0.3 is 0 Å². The third kappa shape index (κ3) is 4.47. The molecule has 94 valence electrons. The van der Waals surface area contributed by atoms with E-state index in [-0.39, 0.29) is 24.0 Å². The molecule has 0 aromatic carbocycles. The molecule has 0 heterocycles. The van der Waals surface area contributed by atoms with Crippen molar-refractivity contribution >= 4 is 29.9 Å². The highest BCUT2D eigenvalue weighted by Crippen LogP contribution is 2.26. The summed E-state index contributed by atoms with van der Waals surface area (Å²) in [4.78, 5) is 4.39. The molecule has 0 spiro atoms. The zero-order valence-corrected chi connectivity index (χ0v) is 12.3. The second kappa shape index (κ2) is 7.35. The van der Waals surface area contributed by atoms with E-state index in [1.807, 2.05) is 0 Å². The Morgan fingerprint density at radius 1 is 1.06 bits per heavy atom. The second-order valence-corrected chi connectivity index (χ2v) is 5.05. The molecule has 0 unspecified atom stereocenters. The van der Waals surface area contributed by atoms with Crippen molar-refractivity contribution in [2.45, 2.75) is 44.9 Å². The SMILES string of the molecule is I.NC(=NCC1CCC1)NCC1CCCC1. The zero-order valence-electron chi connectivity index (χ0n) is 9.95. The average molecular weight is 337 g/mol. The fourth-order valence-corrected chi connectivity index (χ4v) is 2.42. The van der Waals surface area contributed by atoms with E-state index in [0.717, 1.165) is 24.9 Å². The molecule has 0 atom stereocenters. The summed E-state index contributed by atoms with van der Waals surface area (Å²) in [5.74, 6) is 2.31. The highest BCUT2D eigenvalue weighted by atomic mass is 127. The van der Waals surface area contributed by atoms with Gasteiger partial charge in [-0.15, -0.1) is 24.0 Å². The number of aliphatic imine (C=N–C) groups is 1. The highest BCUT2D eigenvalue weighted by Gasteiger charge is 2.17. The van der Waals surface area contributed by atoms with Crippen molar-refractivity contribution in [3.8, 4) is 0 Å². The molecule has 2 saturated carbocycles.